The van der Waals surface area contributed by atoms with E-state index in [0.29, 0.717) is 60.4 Å². The molecule has 1 amide bonds. The van der Waals surface area contributed by atoms with Gasteiger partial charge in [0, 0.05) is 32.2 Å². The van der Waals surface area contributed by atoms with Crippen LogP contribution in [0.5, 0.6) is 17.2 Å². The second kappa shape index (κ2) is 9.26. The van der Waals surface area contributed by atoms with Crippen molar-refractivity contribution < 1.29 is 27.4 Å². The number of ether oxygens (including phenoxy) is 2. The molecule has 1 fully saturated rings. The molecule has 0 aliphatic carbocycles. The fourth-order valence-corrected chi connectivity index (χ4v) is 4.88. The smallest absolute Gasteiger partial charge is 0.416 e. The fourth-order valence-electron chi connectivity index (χ4n) is 4.19. The quantitative estimate of drug-likeness (QED) is 0.445. The van der Waals surface area contributed by atoms with Crippen LogP contribution < -0.4 is 9.47 Å². The second-order valence-corrected chi connectivity index (χ2v) is 9.14. The van der Waals surface area contributed by atoms with Crippen molar-refractivity contribution in [3.63, 3.8) is 0 Å². The standard InChI is InChI=1S/C25H22F3N3O3S/c1-33-17-6-7-18-21(15-17)34-20-8-5-16(25(26,27)28)14-19(20)29-23(18)30-9-3-10-31(12-11-30)24(32)22-4-2-13-35-22/h2,4-8,13-15H,3,9-12H2,1H3. The molecule has 0 spiro atoms. The second-order valence-electron chi connectivity index (χ2n) is 8.19. The van der Waals surface area contributed by atoms with Gasteiger partial charge in [0.2, 0.25) is 0 Å². The molecule has 6 nitrogen and oxygen atoms in total. The van der Waals surface area contributed by atoms with Crippen LogP contribution in [0.25, 0.3) is 0 Å². The van der Waals surface area contributed by atoms with E-state index in [9.17, 15) is 18.0 Å². The van der Waals surface area contributed by atoms with Crippen molar-refractivity contribution in [2.75, 3.05) is 33.3 Å². The maximum Gasteiger partial charge on any atom is 0.416 e. The van der Waals surface area contributed by atoms with Gasteiger partial charge in [-0.25, -0.2) is 4.99 Å². The number of methoxy groups -OCH3 is 1. The molecule has 182 valence electrons. The number of benzene rings is 2. The minimum absolute atomic E-state index is 0.0155. The van der Waals surface area contributed by atoms with E-state index in [4.69, 9.17) is 9.47 Å². The molecule has 35 heavy (non-hydrogen) atoms. The van der Waals surface area contributed by atoms with E-state index < -0.39 is 11.7 Å². The summed E-state index contributed by atoms with van der Waals surface area (Å²) in [5.74, 6) is 1.72. The van der Waals surface area contributed by atoms with Crippen LogP contribution in [0, 0.1) is 0 Å². The van der Waals surface area contributed by atoms with Crippen LogP contribution in [0.15, 0.2) is 58.9 Å². The number of rotatable bonds is 2. The van der Waals surface area contributed by atoms with Crippen LogP contribution in [0.3, 0.4) is 0 Å². The van der Waals surface area contributed by atoms with Crippen LogP contribution in [-0.4, -0.2) is 54.8 Å². The Kier molecular flexibility index (Phi) is 6.14. The molecule has 5 rings (SSSR count). The monoisotopic (exact) mass is 501 g/mol. The highest BCUT2D eigenvalue weighted by molar-refractivity contribution is 7.12. The summed E-state index contributed by atoms with van der Waals surface area (Å²) in [6.07, 6.45) is -3.81. The van der Waals surface area contributed by atoms with Crippen molar-refractivity contribution in [1.82, 2.24) is 9.80 Å². The summed E-state index contributed by atoms with van der Waals surface area (Å²) in [6.45, 7) is 2.13. The average molecular weight is 502 g/mol. The Bertz CT molecular complexity index is 1270. The molecule has 0 unspecified atom stereocenters. The number of alkyl halides is 3. The molecule has 1 saturated heterocycles. The highest BCUT2D eigenvalue weighted by atomic mass is 32.1. The van der Waals surface area contributed by atoms with E-state index in [1.807, 2.05) is 21.2 Å². The number of carbonyl (C=O) groups is 1. The van der Waals surface area contributed by atoms with Gasteiger partial charge >= 0.3 is 6.18 Å². The highest BCUT2D eigenvalue weighted by Crippen LogP contribution is 2.42. The number of hydrogen-bond donors (Lipinski definition) is 0. The lowest BCUT2D eigenvalue weighted by Gasteiger charge is -2.25. The van der Waals surface area contributed by atoms with Crippen molar-refractivity contribution in [2.45, 2.75) is 12.6 Å². The van der Waals surface area contributed by atoms with E-state index in [0.717, 1.165) is 12.1 Å². The van der Waals surface area contributed by atoms with Gasteiger partial charge in [-0.2, -0.15) is 13.2 Å². The van der Waals surface area contributed by atoms with E-state index in [2.05, 4.69) is 4.99 Å². The summed E-state index contributed by atoms with van der Waals surface area (Å²) in [4.78, 5) is 22.0. The third-order valence-electron chi connectivity index (χ3n) is 5.98. The minimum atomic E-state index is -4.50. The Labute approximate surface area is 204 Å². The van der Waals surface area contributed by atoms with Gasteiger partial charge < -0.3 is 19.3 Å². The zero-order valence-electron chi connectivity index (χ0n) is 18.8. The van der Waals surface area contributed by atoms with E-state index in [1.165, 1.54) is 24.5 Å². The number of halogens is 3. The lowest BCUT2D eigenvalue weighted by Crippen LogP contribution is -2.37. The summed E-state index contributed by atoms with van der Waals surface area (Å²) >= 11 is 1.40. The summed E-state index contributed by atoms with van der Waals surface area (Å²) < 4.78 is 51.6. The maximum absolute atomic E-state index is 13.4. The van der Waals surface area contributed by atoms with Gasteiger partial charge in [-0.15, -0.1) is 11.3 Å². The van der Waals surface area contributed by atoms with Crippen LogP contribution in [0.2, 0.25) is 0 Å². The molecule has 0 bridgehead atoms. The maximum atomic E-state index is 13.4. The molecule has 1 aromatic heterocycles. The number of aliphatic imine (C=N–C) groups is 1. The first-order chi connectivity index (χ1) is 16.8. The SMILES string of the molecule is COc1ccc2c(c1)Oc1ccc(C(F)(F)F)cc1N=C2N1CCCN(C(=O)c2cccs2)CC1. The normalized spacial score (nSPS) is 15.8. The molecule has 0 radical (unpaired) electrons. The summed E-state index contributed by atoms with van der Waals surface area (Å²) in [5.41, 5.74) is -0.0515. The van der Waals surface area contributed by atoms with Crippen molar-refractivity contribution in [2.24, 2.45) is 4.99 Å². The lowest BCUT2D eigenvalue weighted by atomic mass is 10.1. The predicted molar refractivity (Wildman–Crippen MR) is 127 cm³/mol. The van der Waals surface area contributed by atoms with Crippen LogP contribution in [0.4, 0.5) is 18.9 Å². The highest BCUT2D eigenvalue weighted by Gasteiger charge is 2.33. The molecule has 10 heteroatoms. The topological polar surface area (TPSA) is 54.4 Å². The summed E-state index contributed by atoms with van der Waals surface area (Å²) in [5, 5.41) is 1.87. The number of amidine groups is 1. The summed E-state index contributed by atoms with van der Waals surface area (Å²) in [6, 6.07) is 12.2. The lowest BCUT2D eigenvalue weighted by molar-refractivity contribution is -0.137. The van der Waals surface area contributed by atoms with Crippen molar-refractivity contribution >= 4 is 28.8 Å². The Balaban J connectivity index is 1.52. The van der Waals surface area contributed by atoms with Gasteiger partial charge in [0.1, 0.15) is 23.0 Å². The molecule has 3 heterocycles. The van der Waals surface area contributed by atoms with Gasteiger partial charge in [-0.1, -0.05) is 6.07 Å². The van der Waals surface area contributed by atoms with Gasteiger partial charge in [0.25, 0.3) is 5.91 Å². The number of hydrogen-bond acceptors (Lipinski definition) is 6. The fraction of sp³-hybridized carbons (Fsp3) is 0.280. The third kappa shape index (κ3) is 4.70. The Hall–Kier alpha value is -3.53. The van der Waals surface area contributed by atoms with Gasteiger partial charge in [-0.3, -0.25) is 4.79 Å². The molecular formula is C25H22F3N3O3S. The first-order valence-electron chi connectivity index (χ1n) is 11.1. The third-order valence-corrected chi connectivity index (χ3v) is 6.83. The van der Waals surface area contributed by atoms with Crippen molar-refractivity contribution in [3.8, 4) is 17.2 Å². The van der Waals surface area contributed by atoms with Gasteiger partial charge in [-0.05, 0) is 48.2 Å². The van der Waals surface area contributed by atoms with E-state index in [1.54, 1.807) is 24.3 Å². The Morgan fingerprint density at radius 1 is 1.06 bits per heavy atom. The molecule has 0 N–H and O–H groups in total. The molecule has 0 atom stereocenters. The Morgan fingerprint density at radius 3 is 2.66 bits per heavy atom. The molecule has 2 aromatic carbocycles. The molecule has 2 aliphatic heterocycles. The zero-order valence-corrected chi connectivity index (χ0v) is 19.7. The van der Waals surface area contributed by atoms with Crippen molar-refractivity contribution in [3.05, 3.63) is 69.9 Å². The first kappa shape index (κ1) is 23.2. The number of nitrogens with zero attached hydrogens (tertiary/aromatic N) is 3. The number of fused-ring (bicyclic) bond motifs is 2. The summed E-state index contributed by atoms with van der Waals surface area (Å²) in [7, 11) is 1.53. The van der Waals surface area contributed by atoms with E-state index >= 15 is 0 Å². The van der Waals surface area contributed by atoms with Crippen LogP contribution >= 0.6 is 11.3 Å². The number of amides is 1. The number of carbonyl (C=O) groups excluding carboxylic acids is 1. The Morgan fingerprint density at radius 2 is 1.91 bits per heavy atom. The van der Waals surface area contributed by atoms with Crippen LogP contribution in [0.1, 0.15) is 27.2 Å². The minimum Gasteiger partial charge on any atom is -0.497 e. The van der Waals surface area contributed by atoms with Gasteiger partial charge in [0.15, 0.2) is 5.75 Å². The molecule has 2 aliphatic rings. The van der Waals surface area contributed by atoms with Crippen molar-refractivity contribution in [1.29, 1.82) is 0 Å². The zero-order chi connectivity index (χ0) is 24.6. The molecule has 0 saturated carbocycles. The largest absolute Gasteiger partial charge is 0.497 e. The predicted octanol–water partition coefficient (Wildman–Crippen LogP) is 5.81. The number of thiophene rings is 1. The molecular weight excluding hydrogens is 479 g/mol. The first-order valence-corrected chi connectivity index (χ1v) is 12.0. The van der Waals surface area contributed by atoms with Gasteiger partial charge in [0.05, 0.1) is 23.1 Å². The van der Waals surface area contributed by atoms with Crippen LogP contribution in [-0.2, 0) is 6.18 Å². The van der Waals surface area contributed by atoms with E-state index in [-0.39, 0.29) is 17.3 Å². The molecule has 3 aromatic rings. The average Bonchev–Trinajstić information content (AvgIpc) is 3.20.